The number of aryl methyl sites for hydroxylation is 1. The van der Waals surface area contributed by atoms with Crippen molar-refractivity contribution in [3.8, 4) is 22.3 Å². The van der Waals surface area contributed by atoms with E-state index in [-0.39, 0.29) is 5.92 Å². The molecule has 1 unspecified atom stereocenters. The van der Waals surface area contributed by atoms with Crippen molar-refractivity contribution in [2.45, 2.75) is 25.7 Å². The van der Waals surface area contributed by atoms with Crippen molar-refractivity contribution in [1.82, 2.24) is 24.3 Å². The zero-order chi connectivity index (χ0) is 22.4. The number of rotatable bonds is 4. The van der Waals surface area contributed by atoms with Crippen molar-refractivity contribution in [1.29, 1.82) is 0 Å². The van der Waals surface area contributed by atoms with E-state index < -0.39 is 0 Å². The van der Waals surface area contributed by atoms with Gasteiger partial charge in [-0.05, 0) is 48.4 Å². The van der Waals surface area contributed by atoms with Gasteiger partial charge in [-0.2, -0.15) is 10.2 Å². The van der Waals surface area contributed by atoms with Crippen LogP contribution in [0.1, 0.15) is 31.2 Å². The minimum absolute atomic E-state index is 0.137. The number of nitrogens with zero attached hydrogens (tertiary/aromatic N) is 5. The molecule has 1 aliphatic heterocycles. The minimum Gasteiger partial charge on any atom is -0.342 e. The number of carbonyl (C=O) groups is 1. The summed E-state index contributed by atoms with van der Waals surface area (Å²) in [5.41, 5.74) is 8.20. The molecule has 0 bridgehead atoms. The average molecular weight is 438 g/mol. The minimum atomic E-state index is 0.137. The Bertz CT molecular complexity index is 1360. The number of allylic oxidation sites excluding steroid dienone is 2. The summed E-state index contributed by atoms with van der Waals surface area (Å²) in [6, 6.07) is 12.9. The summed E-state index contributed by atoms with van der Waals surface area (Å²) >= 11 is 0. The molecule has 6 rings (SSSR count). The first-order chi connectivity index (χ1) is 16.2. The Hall–Kier alpha value is -3.67. The maximum Gasteiger partial charge on any atom is 0.226 e. The maximum atomic E-state index is 12.6. The molecule has 1 saturated heterocycles. The van der Waals surface area contributed by atoms with Crippen molar-refractivity contribution in [3.05, 3.63) is 72.8 Å². The molecule has 1 atom stereocenters. The van der Waals surface area contributed by atoms with Crippen LogP contribution in [0.4, 0.5) is 0 Å². The Kier molecular flexibility index (Phi) is 4.86. The van der Waals surface area contributed by atoms with Crippen molar-refractivity contribution in [2.75, 3.05) is 13.1 Å². The largest absolute Gasteiger partial charge is 0.342 e. The Morgan fingerprint density at radius 2 is 1.79 bits per heavy atom. The predicted octanol–water partition coefficient (Wildman–Crippen LogP) is 4.82. The molecule has 0 spiro atoms. The second-order valence-electron chi connectivity index (χ2n) is 9.13. The van der Waals surface area contributed by atoms with Crippen LogP contribution in [-0.2, 0) is 11.8 Å². The number of benzene rings is 1. The number of aromatic nitrogens is 4. The first kappa shape index (κ1) is 20.0. The van der Waals surface area contributed by atoms with Crippen molar-refractivity contribution in [2.24, 2.45) is 13.0 Å². The SMILES string of the molecule is Cn1cc(-c2ccc(-c3cnn4cccc(C5=CCC(C(=O)N6CCC6)CC5)c34)cc2)cn1. The van der Waals surface area contributed by atoms with Crippen LogP contribution in [0.3, 0.4) is 0 Å². The van der Waals surface area contributed by atoms with E-state index in [1.165, 1.54) is 11.1 Å². The van der Waals surface area contributed by atoms with E-state index in [1.807, 2.05) is 45.9 Å². The lowest BCUT2D eigenvalue weighted by Crippen LogP contribution is -2.45. The van der Waals surface area contributed by atoms with Crippen LogP contribution in [0.2, 0.25) is 0 Å². The molecule has 4 aromatic rings. The van der Waals surface area contributed by atoms with E-state index in [2.05, 4.69) is 52.7 Å². The van der Waals surface area contributed by atoms with Gasteiger partial charge in [-0.25, -0.2) is 4.52 Å². The molecule has 6 nitrogen and oxygen atoms in total. The maximum absolute atomic E-state index is 12.6. The number of hydrogen-bond donors (Lipinski definition) is 0. The van der Waals surface area contributed by atoms with E-state index in [9.17, 15) is 4.79 Å². The van der Waals surface area contributed by atoms with Crippen LogP contribution in [0.15, 0.2) is 67.3 Å². The standard InChI is InChI=1S/C27H27N5O/c1-30-18-23(16-28-30)19-5-7-21(8-6-19)25-17-29-32-15-2-4-24(26(25)32)20-9-11-22(12-10-20)27(33)31-13-3-14-31/h2,4-9,15-18,22H,3,10-14H2,1H3. The Morgan fingerprint density at radius 3 is 2.45 bits per heavy atom. The second-order valence-corrected chi connectivity index (χ2v) is 9.13. The summed E-state index contributed by atoms with van der Waals surface area (Å²) < 4.78 is 3.79. The van der Waals surface area contributed by atoms with Gasteiger partial charge in [0.2, 0.25) is 5.91 Å². The molecular formula is C27H27N5O. The lowest BCUT2D eigenvalue weighted by molar-refractivity contribution is -0.139. The third-order valence-electron chi connectivity index (χ3n) is 7.05. The molecule has 1 amide bonds. The number of hydrogen-bond acceptors (Lipinski definition) is 3. The normalized spacial score (nSPS) is 18.3. The molecule has 3 aromatic heterocycles. The molecule has 0 N–H and O–H groups in total. The fraction of sp³-hybridized carbons (Fsp3) is 0.296. The van der Waals surface area contributed by atoms with Crippen LogP contribution in [-0.4, -0.2) is 43.3 Å². The number of amides is 1. The van der Waals surface area contributed by atoms with E-state index in [0.717, 1.165) is 66.5 Å². The smallest absolute Gasteiger partial charge is 0.226 e. The highest BCUT2D eigenvalue weighted by molar-refractivity contribution is 5.91. The van der Waals surface area contributed by atoms with Gasteiger partial charge < -0.3 is 4.90 Å². The molecule has 0 radical (unpaired) electrons. The Balaban J connectivity index is 1.32. The summed E-state index contributed by atoms with van der Waals surface area (Å²) in [7, 11) is 1.93. The predicted molar refractivity (Wildman–Crippen MR) is 129 cm³/mol. The molecule has 1 fully saturated rings. The molecule has 1 aromatic carbocycles. The monoisotopic (exact) mass is 437 g/mol. The highest BCUT2D eigenvalue weighted by Crippen LogP contribution is 2.37. The van der Waals surface area contributed by atoms with Gasteiger partial charge in [0.15, 0.2) is 0 Å². The molecular weight excluding hydrogens is 410 g/mol. The van der Waals surface area contributed by atoms with Crippen molar-refractivity contribution >= 4 is 17.0 Å². The van der Waals surface area contributed by atoms with Gasteiger partial charge in [0.1, 0.15) is 0 Å². The summed E-state index contributed by atoms with van der Waals surface area (Å²) in [5, 5.41) is 8.91. The first-order valence-corrected chi connectivity index (χ1v) is 11.7. The van der Waals surface area contributed by atoms with E-state index in [0.29, 0.717) is 5.91 Å². The van der Waals surface area contributed by atoms with Crippen LogP contribution in [0.25, 0.3) is 33.3 Å². The third-order valence-corrected chi connectivity index (χ3v) is 7.05. The molecule has 33 heavy (non-hydrogen) atoms. The van der Waals surface area contributed by atoms with Crippen LogP contribution in [0, 0.1) is 5.92 Å². The van der Waals surface area contributed by atoms with Crippen LogP contribution >= 0.6 is 0 Å². The van der Waals surface area contributed by atoms with E-state index in [4.69, 9.17) is 0 Å². The number of pyridine rings is 1. The summed E-state index contributed by atoms with van der Waals surface area (Å²) in [5.74, 6) is 0.478. The van der Waals surface area contributed by atoms with Gasteiger partial charge in [0.05, 0.1) is 17.9 Å². The molecule has 1 aliphatic carbocycles. The summed E-state index contributed by atoms with van der Waals surface area (Å²) in [6.07, 6.45) is 14.0. The molecule has 6 heteroatoms. The zero-order valence-electron chi connectivity index (χ0n) is 18.8. The zero-order valence-corrected chi connectivity index (χ0v) is 18.8. The topological polar surface area (TPSA) is 55.4 Å². The molecule has 4 heterocycles. The van der Waals surface area contributed by atoms with E-state index >= 15 is 0 Å². The second kappa shape index (κ2) is 8.03. The van der Waals surface area contributed by atoms with Crippen molar-refractivity contribution < 1.29 is 4.79 Å². The fourth-order valence-electron chi connectivity index (χ4n) is 5.02. The number of carbonyl (C=O) groups excluding carboxylic acids is 1. The van der Waals surface area contributed by atoms with Crippen molar-refractivity contribution in [3.63, 3.8) is 0 Å². The van der Waals surface area contributed by atoms with Crippen LogP contribution in [0.5, 0.6) is 0 Å². The van der Waals surface area contributed by atoms with Gasteiger partial charge in [0, 0.05) is 55.1 Å². The van der Waals surface area contributed by atoms with Crippen LogP contribution < -0.4 is 0 Å². The lowest BCUT2D eigenvalue weighted by atomic mass is 9.84. The lowest BCUT2D eigenvalue weighted by Gasteiger charge is -2.35. The Labute approximate surface area is 193 Å². The highest BCUT2D eigenvalue weighted by atomic mass is 16.2. The quantitative estimate of drug-likeness (QED) is 0.460. The molecule has 166 valence electrons. The first-order valence-electron chi connectivity index (χ1n) is 11.7. The average Bonchev–Trinajstić information content (AvgIpc) is 3.44. The highest BCUT2D eigenvalue weighted by Gasteiger charge is 2.29. The van der Waals surface area contributed by atoms with Gasteiger partial charge in [-0.15, -0.1) is 0 Å². The Morgan fingerprint density at radius 1 is 0.970 bits per heavy atom. The molecule has 0 saturated carbocycles. The number of fused-ring (bicyclic) bond motifs is 1. The van der Waals surface area contributed by atoms with Gasteiger partial charge >= 0.3 is 0 Å². The van der Waals surface area contributed by atoms with Gasteiger partial charge in [0.25, 0.3) is 0 Å². The van der Waals surface area contributed by atoms with E-state index in [1.54, 1.807) is 0 Å². The van der Waals surface area contributed by atoms with Gasteiger partial charge in [-0.3, -0.25) is 9.48 Å². The van der Waals surface area contributed by atoms with Gasteiger partial charge in [-0.1, -0.05) is 36.4 Å². The summed E-state index contributed by atoms with van der Waals surface area (Å²) in [6.45, 7) is 1.87. The summed E-state index contributed by atoms with van der Waals surface area (Å²) in [4.78, 5) is 14.7. The third kappa shape index (κ3) is 3.55. The fourth-order valence-corrected chi connectivity index (χ4v) is 5.02. The molecule has 2 aliphatic rings. The number of likely N-dealkylation sites (tertiary alicyclic amines) is 1.